The predicted octanol–water partition coefficient (Wildman–Crippen LogP) is 5.22. The lowest BCUT2D eigenvalue weighted by atomic mass is 10.1. The van der Waals surface area contributed by atoms with Crippen LogP contribution < -0.4 is 10.6 Å². The van der Waals surface area contributed by atoms with Gasteiger partial charge < -0.3 is 15.2 Å². The molecule has 2 amide bonds. The summed E-state index contributed by atoms with van der Waals surface area (Å²) in [4.78, 5) is 42.8. The van der Waals surface area contributed by atoms with Gasteiger partial charge in [-0.25, -0.2) is 4.98 Å². The van der Waals surface area contributed by atoms with Crippen LogP contribution in [0.25, 0.3) is 22.2 Å². The first kappa shape index (κ1) is 22.2. The summed E-state index contributed by atoms with van der Waals surface area (Å²) in [6.07, 6.45) is 1.55. The lowest BCUT2D eigenvalue weighted by Crippen LogP contribution is -2.23. The maximum absolute atomic E-state index is 13.0. The Labute approximate surface area is 205 Å². The van der Waals surface area contributed by atoms with Crippen LogP contribution >= 0.6 is 11.3 Å². The highest BCUT2D eigenvalue weighted by atomic mass is 32.1. The number of nitrogens with one attached hydrogen (secondary N) is 2. The maximum Gasteiger partial charge on any atom is 0.296 e. The standard InChI is InChI=1S/C27H20N4O3S/c32-24(30-27-29-22(17-35-27)18-9-3-1-4-10-18)16-31-15-21(20-13-7-8-14-23(20)31)25(33)26(34)28-19-11-5-2-6-12-19/h1-15,17H,16H2,(H,28,34)(H,29,30,32). The van der Waals surface area contributed by atoms with E-state index in [0.717, 1.165) is 11.3 Å². The van der Waals surface area contributed by atoms with Crippen molar-refractivity contribution in [2.75, 3.05) is 10.6 Å². The van der Waals surface area contributed by atoms with Crippen LogP contribution in [0.4, 0.5) is 10.8 Å². The fraction of sp³-hybridized carbons (Fsp3) is 0.0370. The fourth-order valence-corrected chi connectivity index (χ4v) is 4.51. The molecule has 0 aliphatic carbocycles. The average molecular weight is 481 g/mol. The van der Waals surface area contributed by atoms with Crippen molar-refractivity contribution in [2.45, 2.75) is 6.54 Å². The molecule has 0 saturated heterocycles. The minimum Gasteiger partial charge on any atom is -0.337 e. The summed E-state index contributed by atoms with van der Waals surface area (Å²) in [5.41, 5.74) is 3.21. The molecule has 172 valence electrons. The molecule has 5 rings (SSSR count). The number of para-hydroxylation sites is 2. The van der Waals surface area contributed by atoms with Gasteiger partial charge in [0.05, 0.1) is 11.3 Å². The molecule has 0 aliphatic rings. The van der Waals surface area contributed by atoms with E-state index in [9.17, 15) is 14.4 Å². The van der Waals surface area contributed by atoms with E-state index < -0.39 is 11.7 Å². The number of nitrogens with zero attached hydrogens (tertiary/aromatic N) is 2. The van der Waals surface area contributed by atoms with Crippen LogP contribution in [0.5, 0.6) is 0 Å². The summed E-state index contributed by atoms with van der Waals surface area (Å²) in [6.45, 7) is -0.0334. The molecule has 0 fully saturated rings. The Morgan fingerprint density at radius 2 is 1.51 bits per heavy atom. The van der Waals surface area contributed by atoms with Gasteiger partial charge in [0.1, 0.15) is 6.54 Å². The van der Waals surface area contributed by atoms with Crippen LogP contribution in [-0.4, -0.2) is 27.1 Å². The molecule has 5 aromatic rings. The summed E-state index contributed by atoms with van der Waals surface area (Å²) < 4.78 is 1.67. The third-order valence-electron chi connectivity index (χ3n) is 5.41. The number of carbonyl (C=O) groups excluding carboxylic acids is 3. The zero-order valence-corrected chi connectivity index (χ0v) is 19.3. The molecule has 35 heavy (non-hydrogen) atoms. The Morgan fingerprint density at radius 1 is 0.829 bits per heavy atom. The number of rotatable bonds is 7. The van der Waals surface area contributed by atoms with Gasteiger partial charge in [-0.15, -0.1) is 11.3 Å². The number of anilines is 2. The van der Waals surface area contributed by atoms with Crippen LogP contribution in [0.15, 0.2) is 96.5 Å². The number of hydrogen-bond acceptors (Lipinski definition) is 5. The van der Waals surface area contributed by atoms with E-state index >= 15 is 0 Å². The lowest BCUT2D eigenvalue weighted by molar-refractivity contribution is -0.116. The van der Waals surface area contributed by atoms with Crippen LogP contribution in [-0.2, 0) is 16.1 Å². The summed E-state index contributed by atoms with van der Waals surface area (Å²) in [5, 5.41) is 8.42. The minimum atomic E-state index is -0.736. The highest BCUT2D eigenvalue weighted by Gasteiger charge is 2.22. The van der Waals surface area contributed by atoms with Gasteiger partial charge in [-0.05, 0) is 18.2 Å². The molecule has 2 heterocycles. The summed E-state index contributed by atoms with van der Waals surface area (Å²) in [6, 6.07) is 25.7. The summed E-state index contributed by atoms with van der Waals surface area (Å²) in [5.74, 6) is -1.69. The number of ketones is 1. The van der Waals surface area contributed by atoms with E-state index in [1.807, 2.05) is 53.9 Å². The van der Waals surface area contributed by atoms with Gasteiger partial charge in [0.2, 0.25) is 5.91 Å². The quantitative estimate of drug-likeness (QED) is 0.247. The number of aromatic nitrogens is 2. The van der Waals surface area contributed by atoms with Gasteiger partial charge in [-0.3, -0.25) is 14.4 Å². The highest BCUT2D eigenvalue weighted by Crippen LogP contribution is 2.25. The summed E-state index contributed by atoms with van der Waals surface area (Å²) in [7, 11) is 0. The Morgan fingerprint density at radius 3 is 2.29 bits per heavy atom. The topological polar surface area (TPSA) is 93.1 Å². The normalized spacial score (nSPS) is 10.7. The van der Waals surface area contributed by atoms with E-state index in [1.54, 1.807) is 47.2 Å². The first-order chi connectivity index (χ1) is 17.1. The van der Waals surface area contributed by atoms with Crippen LogP contribution in [0.2, 0.25) is 0 Å². The molecule has 0 saturated carbocycles. The molecule has 0 bridgehead atoms. The fourth-order valence-electron chi connectivity index (χ4n) is 3.78. The van der Waals surface area contributed by atoms with E-state index in [-0.39, 0.29) is 18.0 Å². The molecule has 2 N–H and O–H groups in total. The van der Waals surface area contributed by atoms with Crippen LogP contribution in [0, 0.1) is 0 Å². The first-order valence-corrected chi connectivity index (χ1v) is 11.8. The minimum absolute atomic E-state index is 0.0334. The number of carbonyl (C=O) groups is 3. The number of Topliss-reactive ketones (excluding diaryl/α,β-unsaturated/α-hetero) is 1. The van der Waals surface area contributed by atoms with Crippen molar-refractivity contribution in [1.29, 1.82) is 0 Å². The van der Waals surface area contributed by atoms with E-state index in [0.29, 0.717) is 21.7 Å². The Hall–Kier alpha value is -4.56. The molecule has 3 aromatic carbocycles. The Bertz CT molecular complexity index is 1520. The molecule has 0 atom stereocenters. The molecule has 0 radical (unpaired) electrons. The van der Waals surface area contributed by atoms with Gasteiger partial charge in [0, 0.05) is 33.7 Å². The number of thiazole rings is 1. The van der Waals surface area contributed by atoms with Gasteiger partial charge in [-0.1, -0.05) is 66.7 Å². The summed E-state index contributed by atoms with van der Waals surface area (Å²) >= 11 is 1.34. The molecular weight excluding hydrogens is 460 g/mol. The van der Waals surface area contributed by atoms with Crippen LogP contribution in [0.1, 0.15) is 10.4 Å². The second-order valence-corrected chi connectivity index (χ2v) is 8.65. The maximum atomic E-state index is 13.0. The SMILES string of the molecule is O=C(Cn1cc(C(=O)C(=O)Nc2ccccc2)c2ccccc21)Nc1nc(-c2ccccc2)cs1. The van der Waals surface area contributed by atoms with Gasteiger partial charge in [0.25, 0.3) is 11.7 Å². The zero-order valence-electron chi connectivity index (χ0n) is 18.5. The smallest absolute Gasteiger partial charge is 0.296 e. The second kappa shape index (κ2) is 9.74. The number of fused-ring (bicyclic) bond motifs is 1. The Kier molecular flexibility index (Phi) is 6.19. The largest absolute Gasteiger partial charge is 0.337 e. The Balaban J connectivity index is 1.34. The monoisotopic (exact) mass is 480 g/mol. The molecule has 0 unspecified atom stereocenters. The molecular formula is C27H20N4O3S. The first-order valence-electron chi connectivity index (χ1n) is 10.9. The second-order valence-electron chi connectivity index (χ2n) is 7.79. The molecule has 0 spiro atoms. The van der Waals surface area contributed by atoms with Crippen molar-refractivity contribution in [3.63, 3.8) is 0 Å². The number of amides is 2. The van der Waals surface area contributed by atoms with Crippen molar-refractivity contribution in [2.24, 2.45) is 0 Å². The zero-order chi connectivity index (χ0) is 24.2. The van der Waals surface area contributed by atoms with Crippen molar-refractivity contribution < 1.29 is 14.4 Å². The molecule has 8 heteroatoms. The van der Waals surface area contributed by atoms with Crippen molar-refractivity contribution in [1.82, 2.24) is 9.55 Å². The van der Waals surface area contributed by atoms with E-state index in [4.69, 9.17) is 0 Å². The number of hydrogen-bond donors (Lipinski definition) is 2. The van der Waals surface area contributed by atoms with Gasteiger partial charge >= 0.3 is 0 Å². The van der Waals surface area contributed by atoms with E-state index in [2.05, 4.69) is 15.6 Å². The van der Waals surface area contributed by atoms with Crippen molar-refractivity contribution in [3.8, 4) is 11.3 Å². The average Bonchev–Trinajstić information content (AvgIpc) is 3.50. The van der Waals surface area contributed by atoms with E-state index in [1.165, 1.54) is 11.3 Å². The van der Waals surface area contributed by atoms with Crippen molar-refractivity contribution >= 4 is 50.7 Å². The lowest BCUT2D eigenvalue weighted by Gasteiger charge is -2.05. The van der Waals surface area contributed by atoms with Crippen molar-refractivity contribution in [3.05, 3.63) is 102 Å². The highest BCUT2D eigenvalue weighted by molar-refractivity contribution is 7.14. The van der Waals surface area contributed by atoms with Gasteiger partial charge in [-0.2, -0.15) is 0 Å². The molecule has 2 aromatic heterocycles. The molecule has 7 nitrogen and oxygen atoms in total. The predicted molar refractivity (Wildman–Crippen MR) is 138 cm³/mol. The molecule has 0 aliphatic heterocycles. The third kappa shape index (κ3) is 4.87. The van der Waals surface area contributed by atoms with Gasteiger partial charge in [0.15, 0.2) is 5.13 Å². The van der Waals surface area contributed by atoms with Crippen LogP contribution in [0.3, 0.4) is 0 Å². The third-order valence-corrected chi connectivity index (χ3v) is 6.16. The number of benzene rings is 3.